The van der Waals surface area contributed by atoms with Crippen molar-refractivity contribution in [3.05, 3.63) is 42.5 Å². The summed E-state index contributed by atoms with van der Waals surface area (Å²) in [4.78, 5) is 24.2. The van der Waals surface area contributed by atoms with Gasteiger partial charge in [0.1, 0.15) is 36.4 Å². The zero-order chi connectivity index (χ0) is 22.1. The van der Waals surface area contributed by atoms with Crippen molar-refractivity contribution < 1.29 is 35.1 Å². The number of aliphatic hydroxyl groups is 3. The van der Waals surface area contributed by atoms with E-state index in [1.54, 1.807) is 12.1 Å². The molecule has 1 fully saturated rings. The molecule has 0 radical (unpaired) electrons. The Bertz CT molecular complexity index is 1070. The molecular formula is C19H21N5O7. The van der Waals surface area contributed by atoms with Crippen molar-refractivity contribution in [2.24, 2.45) is 0 Å². The smallest absolute Gasteiger partial charge is 0.326 e. The molecule has 0 spiro atoms. The van der Waals surface area contributed by atoms with Crippen LogP contribution in [0, 0.1) is 0 Å². The number of benzene rings is 1. The molecule has 0 saturated carbocycles. The maximum Gasteiger partial charge on any atom is 0.326 e. The van der Waals surface area contributed by atoms with Crippen molar-refractivity contribution in [3.8, 4) is 5.75 Å². The maximum atomic E-state index is 11.8. The zero-order valence-electron chi connectivity index (χ0n) is 16.1. The van der Waals surface area contributed by atoms with Crippen molar-refractivity contribution in [1.82, 2.24) is 19.5 Å². The zero-order valence-corrected chi connectivity index (χ0v) is 16.1. The predicted molar refractivity (Wildman–Crippen MR) is 105 cm³/mol. The standard InChI is InChI=1S/C19H21N5O7/c25-6-12-14(27)15(28)18(31-12)24-8-22-13-16(20-7-21-17(13)24)23-11(19(29)30)5-9-1-3-10(26)4-2-9/h1-4,7-8,11-12,14-15,18,25-28H,5-6H2,(H,29,30)(H,20,21,23)/t11-,12-,14-,15-,18-/m1/s1. The summed E-state index contributed by atoms with van der Waals surface area (Å²) in [7, 11) is 0. The van der Waals surface area contributed by atoms with Gasteiger partial charge in [-0.25, -0.2) is 19.7 Å². The molecule has 164 valence electrons. The van der Waals surface area contributed by atoms with Gasteiger partial charge >= 0.3 is 5.97 Å². The number of hydrogen-bond acceptors (Lipinski definition) is 10. The summed E-state index contributed by atoms with van der Waals surface area (Å²) in [6.07, 6.45) is -1.93. The van der Waals surface area contributed by atoms with Gasteiger partial charge in [-0.1, -0.05) is 12.1 Å². The molecule has 3 aromatic rings. The molecule has 4 rings (SSSR count). The summed E-state index contributed by atoms with van der Waals surface area (Å²) in [6.45, 7) is -0.472. The number of aliphatic hydroxyl groups excluding tert-OH is 3. The molecule has 5 atom stereocenters. The number of nitrogens with zero attached hydrogens (tertiary/aromatic N) is 4. The highest BCUT2D eigenvalue weighted by Gasteiger charge is 2.44. The van der Waals surface area contributed by atoms with E-state index in [1.165, 1.54) is 29.4 Å². The van der Waals surface area contributed by atoms with E-state index >= 15 is 0 Å². The number of ether oxygens (including phenoxy) is 1. The van der Waals surface area contributed by atoms with Crippen LogP contribution in [0.5, 0.6) is 5.75 Å². The van der Waals surface area contributed by atoms with Crippen LogP contribution in [0.15, 0.2) is 36.9 Å². The molecule has 1 aliphatic heterocycles. The van der Waals surface area contributed by atoms with Gasteiger partial charge < -0.3 is 35.6 Å². The minimum atomic E-state index is -1.32. The normalized spacial score (nSPS) is 24.4. The number of carboxylic acids is 1. The molecule has 1 aromatic carbocycles. The summed E-state index contributed by atoms with van der Waals surface area (Å²) in [5.41, 5.74) is 1.19. The Morgan fingerprint density at radius 1 is 1.16 bits per heavy atom. The highest BCUT2D eigenvalue weighted by atomic mass is 16.6. The van der Waals surface area contributed by atoms with Gasteiger partial charge in [0.25, 0.3) is 0 Å². The van der Waals surface area contributed by atoms with E-state index in [2.05, 4.69) is 20.3 Å². The number of rotatable bonds is 7. The summed E-state index contributed by atoms with van der Waals surface area (Å²) >= 11 is 0. The first-order chi connectivity index (χ1) is 14.9. The molecule has 6 N–H and O–H groups in total. The van der Waals surface area contributed by atoms with E-state index in [0.29, 0.717) is 5.56 Å². The molecule has 12 heteroatoms. The van der Waals surface area contributed by atoms with Crippen molar-refractivity contribution in [3.63, 3.8) is 0 Å². The number of aromatic nitrogens is 4. The molecule has 0 unspecified atom stereocenters. The molecule has 0 bridgehead atoms. The molecular weight excluding hydrogens is 410 g/mol. The first kappa shape index (κ1) is 20.9. The van der Waals surface area contributed by atoms with Crippen LogP contribution in [0.3, 0.4) is 0 Å². The van der Waals surface area contributed by atoms with Crippen LogP contribution in [0.2, 0.25) is 0 Å². The largest absolute Gasteiger partial charge is 0.508 e. The molecule has 0 aliphatic carbocycles. The number of hydrogen-bond donors (Lipinski definition) is 6. The second kappa shape index (κ2) is 8.43. The monoisotopic (exact) mass is 431 g/mol. The van der Waals surface area contributed by atoms with E-state index in [1.807, 2.05) is 0 Å². The van der Waals surface area contributed by atoms with E-state index in [4.69, 9.17) is 4.74 Å². The predicted octanol–water partition coefficient (Wildman–Crippen LogP) is -0.749. The molecule has 0 amide bonds. The first-order valence-electron chi connectivity index (χ1n) is 9.46. The van der Waals surface area contributed by atoms with Crippen molar-refractivity contribution >= 4 is 23.0 Å². The molecule has 31 heavy (non-hydrogen) atoms. The molecule has 12 nitrogen and oxygen atoms in total. The summed E-state index contributed by atoms with van der Waals surface area (Å²) in [5, 5.41) is 51.4. The number of carbonyl (C=O) groups is 1. The Hall–Kier alpha value is -3.32. The van der Waals surface area contributed by atoms with Gasteiger partial charge in [-0.05, 0) is 17.7 Å². The number of phenols is 1. The summed E-state index contributed by atoms with van der Waals surface area (Å²) < 4.78 is 6.90. The lowest BCUT2D eigenvalue weighted by molar-refractivity contribution is -0.137. The third kappa shape index (κ3) is 4.01. The quantitative estimate of drug-likeness (QED) is 0.277. The third-order valence-electron chi connectivity index (χ3n) is 5.14. The second-order valence-electron chi connectivity index (χ2n) is 7.18. The minimum Gasteiger partial charge on any atom is -0.508 e. The van der Waals surface area contributed by atoms with Gasteiger partial charge in [0.15, 0.2) is 23.2 Å². The number of nitrogens with one attached hydrogen (secondary N) is 1. The lowest BCUT2D eigenvalue weighted by atomic mass is 10.1. The minimum absolute atomic E-state index is 0.0801. The van der Waals surface area contributed by atoms with Gasteiger partial charge in [0.05, 0.1) is 12.9 Å². The third-order valence-corrected chi connectivity index (χ3v) is 5.14. The molecule has 1 aliphatic rings. The Kier molecular flexibility index (Phi) is 5.69. The van der Waals surface area contributed by atoms with Gasteiger partial charge in [0, 0.05) is 6.42 Å². The topological polar surface area (TPSA) is 183 Å². The van der Waals surface area contributed by atoms with Crippen LogP contribution in [0.1, 0.15) is 11.8 Å². The van der Waals surface area contributed by atoms with E-state index in [-0.39, 0.29) is 29.2 Å². The van der Waals surface area contributed by atoms with Crippen LogP contribution >= 0.6 is 0 Å². The lowest BCUT2D eigenvalue weighted by Crippen LogP contribution is -2.33. The highest BCUT2D eigenvalue weighted by molar-refractivity contribution is 5.86. The number of imidazole rings is 1. The molecule has 1 saturated heterocycles. The fourth-order valence-corrected chi connectivity index (χ4v) is 3.49. The summed E-state index contributed by atoms with van der Waals surface area (Å²) in [5.74, 6) is -0.860. The van der Waals surface area contributed by atoms with E-state index in [9.17, 15) is 30.3 Å². The highest BCUT2D eigenvalue weighted by Crippen LogP contribution is 2.32. The van der Waals surface area contributed by atoms with Crippen LogP contribution in [-0.4, -0.2) is 82.0 Å². The number of aromatic hydroxyl groups is 1. The summed E-state index contributed by atoms with van der Waals surface area (Å²) in [6, 6.07) is 5.15. The van der Waals surface area contributed by atoms with Gasteiger partial charge in [-0.2, -0.15) is 0 Å². The fourth-order valence-electron chi connectivity index (χ4n) is 3.49. The van der Waals surface area contributed by atoms with Crippen LogP contribution in [0.25, 0.3) is 11.2 Å². The molecule has 2 aromatic heterocycles. The number of phenolic OH excluding ortho intramolecular Hbond substituents is 1. The lowest BCUT2D eigenvalue weighted by Gasteiger charge is -2.17. The Balaban J connectivity index is 1.61. The maximum absolute atomic E-state index is 11.8. The Labute approximate surface area is 175 Å². The van der Waals surface area contributed by atoms with E-state index < -0.39 is 43.2 Å². The van der Waals surface area contributed by atoms with Crippen LogP contribution in [0.4, 0.5) is 5.82 Å². The van der Waals surface area contributed by atoms with Crippen molar-refractivity contribution in [1.29, 1.82) is 0 Å². The number of aliphatic carboxylic acids is 1. The number of carboxylic acid groups (broad SMARTS) is 1. The van der Waals surface area contributed by atoms with Gasteiger partial charge in [-0.3, -0.25) is 4.57 Å². The fraction of sp³-hybridized carbons (Fsp3) is 0.368. The van der Waals surface area contributed by atoms with E-state index in [0.717, 1.165) is 0 Å². The van der Waals surface area contributed by atoms with Crippen LogP contribution < -0.4 is 5.32 Å². The van der Waals surface area contributed by atoms with Crippen molar-refractivity contribution in [2.45, 2.75) is 37.0 Å². The average molecular weight is 431 g/mol. The molecule has 3 heterocycles. The van der Waals surface area contributed by atoms with Gasteiger partial charge in [-0.15, -0.1) is 0 Å². The van der Waals surface area contributed by atoms with Crippen molar-refractivity contribution in [2.75, 3.05) is 11.9 Å². The average Bonchev–Trinajstić information content (AvgIpc) is 3.31. The Morgan fingerprint density at radius 3 is 2.55 bits per heavy atom. The SMILES string of the molecule is O=C(O)[C@@H](Cc1ccc(O)cc1)Nc1ncnc2c1ncn2[C@@H]1O[C@H](CO)[C@@H](O)[C@H]1O. The number of fused-ring (bicyclic) bond motifs is 1. The second-order valence-corrected chi connectivity index (χ2v) is 7.18. The van der Waals surface area contributed by atoms with Gasteiger partial charge in [0.2, 0.25) is 0 Å². The number of anilines is 1. The Morgan fingerprint density at radius 2 is 1.90 bits per heavy atom. The first-order valence-corrected chi connectivity index (χ1v) is 9.46. The van der Waals surface area contributed by atoms with Crippen LogP contribution in [-0.2, 0) is 16.0 Å².